The van der Waals surface area contributed by atoms with Crippen molar-refractivity contribution in [2.45, 2.75) is 56.7 Å². The van der Waals surface area contributed by atoms with Gasteiger partial charge in [0.25, 0.3) is 5.56 Å². The molecule has 1 aromatic heterocycles. The van der Waals surface area contributed by atoms with E-state index in [0.717, 1.165) is 38.4 Å². The van der Waals surface area contributed by atoms with Gasteiger partial charge in [0.15, 0.2) is 5.82 Å². The normalized spacial score (nSPS) is 26.2. The van der Waals surface area contributed by atoms with Gasteiger partial charge in [0.1, 0.15) is 0 Å². The molecule has 108 valence electrons. The van der Waals surface area contributed by atoms with Crippen LogP contribution in [0.2, 0.25) is 0 Å². The molecule has 0 aromatic carbocycles. The molecule has 5 heteroatoms. The summed E-state index contributed by atoms with van der Waals surface area (Å²) in [5, 5.41) is 3.59. The molecular weight excluding hydrogens is 252 g/mol. The van der Waals surface area contributed by atoms with Gasteiger partial charge in [-0.05, 0) is 38.5 Å². The molecule has 1 unspecified atom stereocenters. The quantitative estimate of drug-likeness (QED) is 0.879. The predicted molar refractivity (Wildman–Crippen MR) is 78.2 cm³/mol. The van der Waals surface area contributed by atoms with Crippen molar-refractivity contribution in [3.8, 4) is 0 Å². The summed E-state index contributed by atoms with van der Waals surface area (Å²) in [6, 6.07) is 1.59. The summed E-state index contributed by atoms with van der Waals surface area (Å²) in [4.78, 5) is 19.2. The van der Waals surface area contributed by atoms with E-state index in [0.29, 0.717) is 17.9 Å². The van der Waals surface area contributed by atoms with Crippen molar-refractivity contribution in [3.05, 3.63) is 22.7 Å². The first kappa shape index (κ1) is 12.4. The lowest BCUT2D eigenvalue weighted by molar-refractivity contribution is 0.564. The van der Waals surface area contributed by atoms with E-state index in [-0.39, 0.29) is 5.56 Å². The molecule has 1 N–H and O–H groups in total. The average molecular weight is 274 g/mol. The van der Waals surface area contributed by atoms with Gasteiger partial charge in [-0.15, -0.1) is 0 Å². The number of aromatic nitrogens is 2. The Bertz CT molecular complexity index is 547. The Hall–Kier alpha value is -1.36. The van der Waals surface area contributed by atoms with E-state index in [9.17, 15) is 4.79 Å². The Kier molecular flexibility index (Phi) is 3.02. The Morgan fingerprint density at radius 1 is 1.25 bits per heavy atom. The van der Waals surface area contributed by atoms with Crippen LogP contribution >= 0.6 is 0 Å². The lowest BCUT2D eigenvalue weighted by atomic mass is 10.2. The van der Waals surface area contributed by atoms with Crippen LogP contribution < -0.4 is 15.8 Å². The summed E-state index contributed by atoms with van der Waals surface area (Å²) in [6.45, 7) is 1.96. The van der Waals surface area contributed by atoms with E-state index in [2.05, 4.69) is 15.2 Å². The Balaban J connectivity index is 1.55. The van der Waals surface area contributed by atoms with Crippen LogP contribution in [0.25, 0.3) is 0 Å². The lowest BCUT2D eigenvalue weighted by Crippen LogP contribution is -2.42. The molecule has 4 rings (SSSR count). The summed E-state index contributed by atoms with van der Waals surface area (Å²) in [6.07, 6.45) is 10.9. The highest BCUT2D eigenvalue weighted by Gasteiger charge is 2.32. The third-order valence-electron chi connectivity index (χ3n) is 4.66. The van der Waals surface area contributed by atoms with Crippen LogP contribution in [-0.2, 0) is 0 Å². The van der Waals surface area contributed by atoms with Crippen molar-refractivity contribution in [3.63, 3.8) is 0 Å². The maximum atomic E-state index is 12.6. The van der Waals surface area contributed by atoms with Crippen LogP contribution in [0.4, 0.5) is 5.82 Å². The minimum absolute atomic E-state index is 0.105. The van der Waals surface area contributed by atoms with Crippen molar-refractivity contribution >= 4 is 5.82 Å². The van der Waals surface area contributed by atoms with Crippen molar-refractivity contribution in [1.29, 1.82) is 0 Å². The standard InChI is InChI=1S/C15H22N4O/c20-15-14(16-7-9-19(15)12-5-6-12)18-8-1-2-13(18)10-17-11-3-4-11/h7,9,11-13,17H,1-6,8,10H2. The minimum Gasteiger partial charge on any atom is -0.348 e. The average Bonchev–Trinajstić information content (AvgIpc) is 3.37. The van der Waals surface area contributed by atoms with Crippen LogP contribution in [0.15, 0.2) is 17.2 Å². The molecule has 2 saturated carbocycles. The molecule has 2 aliphatic carbocycles. The summed E-state index contributed by atoms with van der Waals surface area (Å²) in [7, 11) is 0. The molecular formula is C15H22N4O. The molecule has 1 saturated heterocycles. The highest BCUT2D eigenvalue weighted by Crippen LogP contribution is 2.33. The Morgan fingerprint density at radius 2 is 2.10 bits per heavy atom. The summed E-state index contributed by atoms with van der Waals surface area (Å²) < 4.78 is 1.88. The van der Waals surface area contributed by atoms with Crippen molar-refractivity contribution in [2.75, 3.05) is 18.0 Å². The summed E-state index contributed by atoms with van der Waals surface area (Å²) >= 11 is 0. The predicted octanol–water partition coefficient (Wildman–Crippen LogP) is 1.30. The zero-order valence-corrected chi connectivity index (χ0v) is 11.8. The van der Waals surface area contributed by atoms with Gasteiger partial charge in [0, 0.05) is 43.6 Å². The zero-order valence-electron chi connectivity index (χ0n) is 11.8. The number of nitrogens with zero attached hydrogens (tertiary/aromatic N) is 3. The highest BCUT2D eigenvalue weighted by atomic mass is 16.1. The second-order valence-corrected chi connectivity index (χ2v) is 6.37. The monoisotopic (exact) mass is 274 g/mol. The van der Waals surface area contributed by atoms with Crippen molar-refractivity contribution in [2.24, 2.45) is 0 Å². The third-order valence-corrected chi connectivity index (χ3v) is 4.66. The van der Waals surface area contributed by atoms with E-state index in [4.69, 9.17) is 0 Å². The van der Waals surface area contributed by atoms with Gasteiger partial charge in [-0.3, -0.25) is 4.79 Å². The largest absolute Gasteiger partial charge is 0.348 e. The Labute approximate surface area is 119 Å². The van der Waals surface area contributed by atoms with Gasteiger partial charge >= 0.3 is 0 Å². The van der Waals surface area contributed by atoms with Crippen molar-refractivity contribution < 1.29 is 0 Å². The van der Waals surface area contributed by atoms with E-state index < -0.39 is 0 Å². The fourth-order valence-electron chi connectivity index (χ4n) is 3.17. The molecule has 2 heterocycles. The van der Waals surface area contributed by atoms with Gasteiger partial charge in [-0.2, -0.15) is 0 Å². The molecule has 0 amide bonds. The SMILES string of the molecule is O=c1c(N2CCCC2CNC2CC2)nccn1C1CC1. The van der Waals surface area contributed by atoms with Gasteiger partial charge in [-0.25, -0.2) is 4.98 Å². The maximum Gasteiger partial charge on any atom is 0.293 e. The van der Waals surface area contributed by atoms with E-state index in [1.807, 2.05) is 10.8 Å². The van der Waals surface area contributed by atoms with Crippen LogP contribution in [0, 0.1) is 0 Å². The molecule has 3 aliphatic rings. The maximum absolute atomic E-state index is 12.6. The van der Waals surface area contributed by atoms with Crippen LogP contribution in [0.5, 0.6) is 0 Å². The molecule has 0 radical (unpaired) electrons. The lowest BCUT2D eigenvalue weighted by Gasteiger charge is -2.25. The number of nitrogens with one attached hydrogen (secondary N) is 1. The summed E-state index contributed by atoms with van der Waals surface area (Å²) in [5.41, 5.74) is 0.105. The molecule has 1 aromatic rings. The molecule has 5 nitrogen and oxygen atoms in total. The smallest absolute Gasteiger partial charge is 0.293 e. The first-order chi connectivity index (χ1) is 9.83. The molecule has 0 bridgehead atoms. The topological polar surface area (TPSA) is 50.2 Å². The van der Waals surface area contributed by atoms with Gasteiger partial charge in [0.05, 0.1) is 0 Å². The first-order valence-corrected chi connectivity index (χ1v) is 7.90. The van der Waals surface area contributed by atoms with Crippen molar-refractivity contribution in [1.82, 2.24) is 14.9 Å². The molecule has 3 fully saturated rings. The molecule has 1 aliphatic heterocycles. The molecule has 0 spiro atoms. The highest BCUT2D eigenvalue weighted by molar-refractivity contribution is 5.39. The molecule has 1 atom stereocenters. The summed E-state index contributed by atoms with van der Waals surface area (Å²) in [5.74, 6) is 0.666. The van der Waals surface area contributed by atoms with E-state index in [1.165, 1.54) is 19.3 Å². The second kappa shape index (κ2) is 4.88. The third kappa shape index (κ3) is 2.35. The van der Waals surface area contributed by atoms with Crippen LogP contribution in [0.3, 0.4) is 0 Å². The fourth-order valence-corrected chi connectivity index (χ4v) is 3.17. The number of hydrogen-bond acceptors (Lipinski definition) is 4. The van der Waals surface area contributed by atoms with E-state index in [1.54, 1.807) is 6.20 Å². The van der Waals surface area contributed by atoms with Gasteiger partial charge in [-0.1, -0.05) is 0 Å². The van der Waals surface area contributed by atoms with E-state index >= 15 is 0 Å². The number of rotatable bonds is 5. The zero-order chi connectivity index (χ0) is 13.5. The number of hydrogen-bond donors (Lipinski definition) is 1. The van der Waals surface area contributed by atoms with Crippen LogP contribution in [-0.4, -0.2) is 34.7 Å². The van der Waals surface area contributed by atoms with Crippen LogP contribution in [0.1, 0.15) is 44.6 Å². The first-order valence-electron chi connectivity index (χ1n) is 7.90. The fraction of sp³-hybridized carbons (Fsp3) is 0.733. The Morgan fingerprint density at radius 3 is 2.85 bits per heavy atom. The minimum atomic E-state index is 0.105. The number of anilines is 1. The second-order valence-electron chi connectivity index (χ2n) is 6.37. The van der Waals surface area contributed by atoms with Gasteiger partial charge < -0.3 is 14.8 Å². The van der Waals surface area contributed by atoms with Gasteiger partial charge in [0.2, 0.25) is 0 Å². The molecule has 20 heavy (non-hydrogen) atoms.